The minimum atomic E-state index is -0.612. The smallest absolute Gasteiger partial charge is 0.299 e. The number of rotatable bonds is 8. The predicted molar refractivity (Wildman–Crippen MR) is 114 cm³/mol. The molecule has 1 unspecified atom stereocenters. The van der Waals surface area contributed by atoms with Crippen LogP contribution in [0, 0.1) is 0 Å². The molecule has 1 aliphatic heterocycles. The van der Waals surface area contributed by atoms with E-state index in [0.717, 1.165) is 31.4 Å². The first-order valence-electron chi connectivity index (χ1n) is 10.7. The van der Waals surface area contributed by atoms with E-state index < -0.39 is 5.91 Å². The molecule has 3 rings (SSSR count). The molecule has 1 aromatic carbocycles. The molecule has 0 bridgehead atoms. The van der Waals surface area contributed by atoms with Crippen LogP contribution in [0.1, 0.15) is 68.9 Å². The van der Waals surface area contributed by atoms with Gasteiger partial charge in [-0.05, 0) is 38.3 Å². The summed E-state index contributed by atoms with van der Waals surface area (Å²) in [6, 6.07) is 8.13. The summed E-state index contributed by atoms with van der Waals surface area (Å²) >= 11 is 0. The molecule has 158 valence electrons. The van der Waals surface area contributed by atoms with Gasteiger partial charge in [0.2, 0.25) is 0 Å². The Labute approximate surface area is 172 Å². The van der Waals surface area contributed by atoms with E-state index in [1.165, 1.54) is 32.8 Å². The fourth-order valence-electron chi connectivity index (χ4n) is 4.26. The third-order valence-electron chi connectivity index (χ3n) is 5.92. The first-order valence-corrected chi connectivity index (χ1v) is 10.7. The Morgan fingerprint density at radius 1 is 1.28 bits per heavy atom. The van der Waals surface area contributed by atoms with Gasteiger partial charge in [0.1, 0.15) is 0 Å². The maximum Gasteiger partial charge on any atom is 0.299 e. The number of carbonyl (C=O) groups excluding carboxylic acids is 1. The summed E-state index contributed by atoms with van der Waals surface area (Å²) in [6.07, 6.45) is 6.79. The number of para-hydroxylation sites is 2. The number of carbonyl (C=O) groups is 1. The molecule has 0 radical (unpaired) electrons. The maximum atomic E-state index is 13.2. The summed E-state index contributed by atoms with van der Waals surface area (Å²) in [7, 11) is 1.34. The van der Waals surface area contributed by atoms with E-state index in [9.17, 15) is 9.59 Å². The van der Waals surface area contributed by atoms with E-state index in [1.807, 2.05) is 24.3 Å². The average Bonchev–Trinajstić information content (AvgIpc) is 2.74. The molecule has 0 aliphatic carbocycles. The lowest BCUT2D eigenvalue weighted by Crippen LogP contribution is -2.43. The second-order valence-corrected chi connectivity index (χ2v) is 7.87. The van der Waals surface area contributed by atoms with E-state index in [1.54, 1.807) is 4.57 Å². The molecule has 7 nitrogen and oxygen atoms in total. The summed E-state index contributed by atoms with van der Waals surface area (Å²) in [5, 5.41) is 0. The van der Waals surface area contributed by atoms with E-state index >= 15 is 0 Å². The summed E-state index contributed by atoms with van der Waals surface area (Å²) in [6.45, 7) is 6.45. The molecule has 1 N–H and O–H groups in total. The molecule has 1 amide bonds. The highest BCUT2D eigenvalue weighted by Crippen LogP contribution is 2.26. The van der Waals surface area contributed by atoms with Crippen molar-refractivity contribution in [3.8, 4) is 0 Å². The Hall–Kier alpha value is -2.25. The quantitative estimate of drug-likeness (QED) is 0.543. The number of benzene rings is 1. The molecule has 1 aliphatic rings. The SMILES string of the molecule is CCCCCC(C)N1CCC(n2c(=O)c(C(=O)NOC)nc3ccccc32)CC1. The van der Waals surface area contributed by atoms with Crippen molar-refractivity contribution in [1.29, 1.82) is 0 Å². The summed E-state index contributed by atoms with van der Waals surface area (Å²) in [4.78, 5) is 37.0. The van der Waals surface area contributed by atoms with Crippen LogP contribution in [0.15, 0.2) is 29.1 Å². The zero-order valence-corrected chi connectivity index (χ0v) is 17.7. The zero-order valence-electron chi connectivity index (χ0n) is 17.7. The van der Waals surface area contributed by atoms with Crippen molar-refractivity contribution >= 4 is 16.9 Å². The van der Waals surface area contributed by atoms with Crippen LogP contribution in [-0.2, 0) is 4.84 Å². The first kappa shape index (κ1) is 21.5. The van der Waals surface area contributed by atoms with E-state index in [0.29, 0.717) is 11.6 Å². The number of nitrogens with zero attached hydrogens (tertiary/aromatic N) is 3. The van der Waals surface area contributed by atoms with Crippen LogP contribution >= 0.6 is 0 Å². The fourth-order valence-corrected chi connectivity index (χ4v) is 4.26. The van der Waals surface area contributed by atoms with Crippen molar-refractivity contribution < 1.29 is 9.63 Å². The van der Waals surface area contributed by atoms with Gasteiger partial charge in [-0.25, -0.2) is 10.5 Å². The van der Waals surface area contributed by atoms with Crippen molar-refractivity contribution in [1.82, 2.24) is 19.9 Å². The van der Waals surface area contributed by atoms with Crippen molar-refractivity contribution in [2.75, 3.05) is 20.2 Å². The standard InChI is InChI=1S/C22H32N4O3/c1-4-5-6-9-16(2)25-14-12-17(13-15-25)26-19-11-8-7-10-18(19)23-20(22(26)28)21(27)24-29-3/h7-8,10-11,16-17H,4-6,9,12-15H2,1-3H3,(H,24,27). The molecule has 1 saturated heterocycles. The minimum Gasteiger partial charge on any atom is -0.302 e. The largest absolute Gasteiger partial charge is 0.302 e. The molecular weight excluding hydrogens is 368 g/mol. The van der Waals surface area contributed by atoms with Gasteiger partial charge in [0, 0.05) is 25.2 Å². The first-order chi connectivity index (χ1) is 14.1. The molecule has 1 fully saturated rings. The van der Waals surface area contributed by atoms with Gasteiger partial charge in [-0.1, -0.05) is 38.3 Å². The normalized spacial score (nSPS) is 16.8. The summed E-state index contributed by atoms with van der Waals surface area (Å²) in [5.41, 5.74) is 3.16. The van der Waals surface area contributed by atoms with Gasteiger partial charge < -0.3 is 9.47 Å². The van der Waals surface area contributed by atoms with Gasteiger partial charge in [0.05, 0.1) is 18.1 Å². The lowest BCUT2D eigenvalue weighted by Gasteiger charge is -2.37. The van der Waals surface area contributed by atoms with Crippen molar-refractivity contribution in [2.45, 2.75) is 64.5 Å². The number of unbranched alkanes of at least 4 members (excludes halogenated alkanes) is 2. The molecule has 2 heterocycles. The number of nitrogens with one attached hydrogen (secondary N) is 1. The molecular formula is C22H32N4O3. The van der Waals surface area contributed by atoms with Crippen molar-refractivity contribution in [2.24, 2.45) is 0 Å². The van der Waals surface area contributed by atoms with Gasteiger partial charge in [0.15, 0.2) is 5.69 Å². The Balaban J connectivity index is 1.84. The van der Waals surface area contributed by atoms with Gasteiger partial charge in [0.25, 0.3) is 11.5 Å². The van der Waals surface area contributed by atoms with Crippen molar-refractivity contribution in [3.05, 3.63) is 40.3 Å². The van der Waals surface area contributed by atoms with Gasteiger partial charge in [-0.15, -0.1) is 0 Å². The highest BCUT2D eigenvalue weighted by molar-refractivity contribution is 5.93. The van der Waals surface area contributed by atoms with Crippen LogP contribution in [0.2, 0.25) is 0 Å². The highest BCUT2D eigenvalue weighted by Gasteiger charge is 2.27. The molecule has 2 aromatic rings. The third-order valence-corrected chi connectivity index (χ3v) is 5.92. The van der Waals surface area contributed by atoms with Crippen LogP contribution in [0.25, 0.3) is 11.0 Å². The number of amides is 1. The fraction of sp³-hybridized carbons (Fsp3) is 0.591. The molecule has 29 heavy (non-hydrogen) atoms. The van der Waals surface area contributed by atoms with Crippen LogP contribution < -0.4 is 11.0 Å². The summed E-state index contributed by atoms with van der Waals surface area (Å²) < 4.78 is 1.77. The third kappa shape index (κ3) is 4.85. The number of piperidine rings is 1. The van der Waals surface area contributed by atoms with Crippen LogP contribution in [0.4, 0.5) is 0 Å². The lowest BCUT2D eigenvalue weighted by molar-refractivity contribution is 0.0530. The number of fused-ring (bicyclic) bond motifs is 1. The monoisotopic (exact) mass is 400 g/mol. The van der Waals surface area contributed by atoms with Crippen molar-refractivity contribution in [3.63, 3.8) is 0 Å². The topological polar surface area (TPSA) is 76.5 Å². The number of aromatic nitrogens is 2. The average molecular weight is 401 g/mol. The number of likely N-dealkylation sites (tertiary alicyclic amines) is 1. The van der Waals surface area contributed by atoms with Gasteiger partial charge in [-0.2, -0.15) is 0 Å². The van der Waals surface area contributed by atoms with Gasteiger partial charge in [-0.3, -0.25) is 14.4 Å². The minimum absolute atomic E-state index is 0.0589. The Kier molecular flexibility index (Phi) is 7.39. The number of hydrogen-bond donors (Lipinski definition) is 1. The second-order valence-electron chi connectivity index (χ2n) is 7.87. The Morgan fingerprint density at radius 2 is 2.00 bits per heavy atom. The lowest BCUT2D eigenvalue weighted by atomic mass is 10.00. The van der Waals surface area contributed by atoms with Crippen LogP contribution in [0.3, 0.4) is 0 Å². The zero-order chi connectivity index (χ0) is 20.8. The highest BCUT2D eigenvalue weighted by atomic mass is 16.6. The predicted octanol–water partition coefficient (Wildman–Crippen LogP) is 3.29. The molecule has 1 aromatic heterocycles. The molecule has 0 saturated carbocycles. The maximum absolute atomic E-state index is 13.2. The molecule has 7 heteroatoms. The van der Waals surface area contributed by atoms with E-state index in [-0.39, 0.29) is 17.3 Å². The summed E-state index contributed by atoms with van der Waals surface area (Å²) in [5.74, 6) is -0.612. The number of hydrogen-bond acceptors (Lipinski definition) is 5. The van der Waals surface area contributed by atoms with E-state index in [4.69, 9.17) is 4.84 Å². The Morgan fingerprint density at radius 3 is 2.69 bits per heavy atom. The van der Waals surface area contributed by atoms with Crippen LogP contribution in [0.5, 0.6) is 0 Å². The van der Waals surface area contributed by atoms with Crippen LogP contribution in [-0.4, -0.2) is 46.6 Å². The molecule has 0 spiro atoms. The number of hydroxylamine groups is 1. The van der Waals surface area contributed by atoms with Gasteiger partial charge >= 0.3 is 0 Å². The molecule has 1 atom stereocenters. The Bertz CT molecular complexity index is 887. The second kappa shape index (κ2) is 9.98. The van der Waals surface area contributed by atoms with E-state index in [2.05, 4.69) is 29.2 Å².